The number of carbonyl (C=O) groups excluding carboxylic acids is 2. The van der Waals surface area contributed by atoms with Gasteiger partial charge in [0.1, 0.15) is 17.2 Å². The number of carbonyl (C=O) groups is 2. The Labute approximate surface area is 167 Å². The summed E-state index contributed by atoms with van der Waals surface area (Å²) >= 11 is 7.83. The minimum atomic E-state index is -0.664. The van der Waals surface area contributed by atoms with Crippen LogP contribution in [-0.2, 0) is 14.3 Å². The molecule has 3 rings (SSSR count). The SMILES string of the molecule is CCOC(=O)C1CSC(c2ccccc2Cl)N1C(=O)COc1ccccc1. The molecule has 2 unspecified atom stereocenters. The molecule has 2 aromatic carbocycles. The van der Waals surface area contributed by atoms with Gasteiger partial charge in [-0.2, -0.15) is 0 Å². The summed E-state index contributed by atoms with van der Waals surface area (Å²) in [6.07, 6.45) is 0. The third-order valence-corrected chi connectivity index (χ3v) is 5.77. The number of halogens is 1. The molecule has 1 fully saturated rings. The molecule has 0 saturated carbocycles. The fraction of sp³-hybridized carbons (Fsp3) is 0.300. The first kappa shape index (κ1) is 19.6. The van der Waals surface area contributed by atoms with Gasteiger partial charge in [0.2, 0.25) is 0 Å². The van der Waals surface area contributed by atoms with Crippen molar-refractivity contribution in [3.8, 4) is 5.75 Å². The average Bonchev–Trinajstić information content (AvgIpc) is 3.12. The van der Waals surface area contributed by atoms with E-state index < -0.39 is 12.0 Å². The highest BCUT2D eigenvalue weighted by Crippen LogP contribution is 2.44. The van der Waals surface area contributed by atoms with Crippen LogP contribution < -0.4 is 4.74 Å². The number of amides is 1. The molecule has 0 spiro atoms. The normalized spacial score (nSPS) is 19.0. The van der Waals surface area contributed by atoms with Gasteiger partial charge in [0.25, 0.3) is 5.91 Å². The topological polar surface area (TPSA) is 55.8 Å². The molecular formula is C20H20ClNO4S. The molecule has 1 heterocycles. The third-order valence-electron chi connectivity index (χ3n) is 4.12. The number of hydrogen-bond acceptors (Lipinski definition) is 5. The van der Waals surface area contributed by atoms with Crippen LogP contribution in [0.2, 0.25) is 5.02 Å². The van der Waals surface area contributed by atoms with Crippen LogP contribution in [0.1, 0.15) is 17.9 Å². The fourth-order valence-corrected chi connectivity index (χ4v) is 4.66. The van der Waals surface area contributed by atoms with Crippen LogP contribution in [0, 0.1) is 0 Å². The van der Waals surface area contributed by atoms with Crippen LogP contribution in [0.25, 0.3) is 0 Å². The summed E-state index contributed by atoms with van der Waals surface area (Å²) < 4.78 is 10.8. The Hall–Kier alpha value is -2.18. The maximum absolute atomic E-state index is 13.0. The smallest absolute Gasteiger partial charge is 0.329 e. The van der Waals surface area contributed by atoms with Gasteiger partial charge in [-0.3, -0.25) is 4.79 Å². The van der Waals surface area contributed by atoms with E-state index in [0.29, 0.717) is 16.5 Å². The van der Waals surface area contributed by atoms with Crippen LogP contribution in [0.3, 0.4) is 0 Å². The minimum Gasteiger partial charge on any atom is -0.484 e. The quantitative estimate of drug-likeness (QED) is 0.681. The van der Waals surface area contributed by atoms with Crippen LogP contribution in [0.15, 0.2) is 54.6 Å². The molecule has 0 aromatic heterocycles. The van der Waals surface area contributed by atoms with Gasteiger partial charge in [0.05, 0.1) is 6.61 Å². The lowest BCUT2D eigenvalue weighted by molar-refractivity contribution is -0.154. The molecule has 2 atom stereocenters. The summed E-state index contributed by atoms with van der Waals surface area (Å²) in [5, 5.41) is 0.196. The van der Waals surface area contributed by atoms with E-state index in [1.165, 1.54) is 16.7 Å². The minimum absolute atomic E-state index is 0.165. The monoisotopic (exact) mass is 405 g/mol. The first-order valence-electron chi connectivity index (χ1n) is 8.63. The van der Waals surface area contributed by atoms with Crippen LogP contribution in [0.4, 0.5) is 0 Å². The molecule has 27 heavy (non-hydrogen) atoms. The van der Waals surface area contributed by atoms with Crippen molar-refractivity contribution >= 4 is 35.2 Å². The fourth-order valence-electron chi connectivity index (χ4n) is 2.88. The van der Waals surface area contributed by atoms with Gasteiger partial charge in [0.15, 0.2) is 6.61 Å². The standard InChI is InChI=1S/C20H20ClNO4S/c1-2-25-20(24)17-13-27-19(15-10-6-7-11-16(15)21)22(17)18(23)12-26-14-8-4-3-5-9-14/h3-11,17,19H,2,12-13H2,1H3. The second-order valence-corrected chi connectivity index (χ2v) is 7.40. The van der Waals surface area contributed by atoms with Crippen molar-refractivity contribution in [2.75, 3.05) is 19.0 Å². The number of thioether (sulfide) groups is 1. The van der Waals surface area contributed by atoms with Gasteiger partial charge >= 0.3 is 5.97 Å². The number of ether oxygens (including phenoxy) is 2. The molecule has 1 amide bonds. The van der Waals surface area contributed by atoms with E-state index in [9.17, 15) is 9.59 Å². The van der Waals surface area contributed by atoms with Crippen molar-refractivity contribution in [3.63, 3.8) is 0 Å². The zero-order valence-electron chi connectivity index (χ0n) is 14.8. The molecule has 0 N–H and O–H groups in total. The highest BCUT2D eigenvalue weighted by Gasteiger charge is 2.43. The average molecular weight is 406 g/mol. The molecule has 2 aromatic rings. The van der Waals surface area contributed by atoms with Gasteiger partial charge in [-0.25, -0.2) is 4.79 Å². The van der Waals surface area contributed by atoms with Crippen molar-refractivity contribution in [2.45, 2.75) is 18.3 Å². The second-order valence-electron chi connectivity index (χ2n) is 5.88. The Bertz CT molecular complexity index is 802. The van der Waals surface area contributed by atoms with Crippen molar-refractivity contribution in [1.82, 2.24) is 4.90 Å². The van der Waals surface area contributed by atoms with Gasteiger partial charge < -0.3 is 14.4 Å². The summed E-state index contributed by atoms with van der Waals surface area (Å²) in [6, 6.07) is 15.8. The molecule has 1 saturated heterocycles. The number of rotatable bonds is 6. The van der Waals surface area contributed by atoms with Crippen LogP contribution in [-0.4, -0.2) is 41.8 Å². The number of esters is 1. The second kappa shape index (κ2) is 9.15. The highest BCUT2D eigenvalue weighted by atomic mass is 35.5. The van der Waals surface area contributed by atoms with Crippen molar-refractivity contribution < 1.29 is 19.1 Å². The molecule has 5 nitrogen and oxygen atoms in total. The number of benzene rings is 2. The van der Waals surface area contributed by atoms with Gasteiger partial charge in [0, 0.05) is 16.3 Å². The number of hydrogen-bond donors (Lipinski definition) is 0. The molecular weight excluding hydrogens is 386 g/mol. The lowest BCUT2D eigenvalue weighted by atomic mass is 10.1. The van der Waals surface area contributed by atoms with Crippen LogP contribution >= 0.6 is 23.4 Å². The Morgan fingerprint density at radius 3 is 2.56 bits per heavy atom. The molecule has 0 aliphatic carbocycles. The van der Waals surface area contributed by atoms with E-state index in [2.05, 4.69) is 0 Å². The molecule has 0 bridgehead atoms. The van der Waals surface area contributed by atoms with E-state index in [1.54, 1.807) is 25.1 Å². The Morgan fingerprint density at radius 2 is 1.85 bits per heavy atom. The summed E-state index contributed by atoms with van der Waals surface area (Å²) in [6.45, 7) is 1.84. The Balaban J connectivity index is 1.82. The molecule has 7 heteroatoms. The lowest BCUT2D eigenvalue weighted by Gasteiger charge is -2.29. The van der Waals surface area contributed by atoms with Gasteiger partial charge in [-0.1, -0.05) is 48.0 Å². The summed E-state index contributed by atoms with van der Waals surface area (Å²) in [4.78, 5) is 26.9. The van der Waals surface area contributed by atoms with Crippen molar-refractivity contribution in [3.05, 3.63) is 65.2 Å². The zero-order chi connectivity index (χ0) is 19.2. The first-order valence-corrected chi connectivity index (χ1v) is 10.1. The first-order chi connectivity index (χ1) is 13.1. The van der Waals surface area contributed by atoms with Crippen molar-refractivity contribution in [2.24, 2.45) is 0 Å². The Morgan fingerprint density at radius 1 is 1.15 bits per heavy atom. The van der Waals surface area contributed by atoms with Gasteiger partial charge in [-0.05, 0) is 25.1 Å². The van der Waals surface area contributed by atoms with E-state index in [1.807, 2.05) is 36.4 Å². The molecule has 142 valence electrons. The zero-order valence-corrected chi connectivity index (χ0v) is 16.4. The van der Waals surface area contributed by atoms with E-state index >= 15 is 0 Å². The van der Waals surface area contributed by atoms with Gasteiger partial charge in [-0.15, -0.1) is 11.8 Å². The molecule has 0 radical (unpaired) electrons. The largest absolute Gasteiger partial charge is 0.484 e. The number of nitrogens with zero attached hydrogens (tertiary/aromatic N) is 1. The van der Waals surface area contributed by atoms with E-state index in [-0.39, 0.29) is 24.5 Å². The summed E-state index contributed by atoms with van der Waals surface area (Å²) in [7, 11) is 0. The lowest BCUT2D eigenvalue weighted by Crippen LogP contribution is -2.45. The predicted molar refractivity (Wildman–Crippen MR) is 106 cm³/mol. The highest BCUT2D eigenvalue weighted by molar-refractivity contribution is 7.99. The Kier molecular flexibility index (Phi) is 6.63. The summed E-state index contributed by atoms with van der Waals surface area (Å²) in [5.74, 6) is 0.352. The van der Waals surface area contributed by atoms with E-state index in [0.717, 1.165) is 5.56 Å². The third kappa shape index (κ3) is 4.57. The molecule has 1 aliphatic heterocycles. The maximum atomic E-state index is 13.0. The predicted octanol–water partition coefficient (Wildman–Crippen LogP) is 3.92. The van der Waals surface area contributed by atoms with Crippen molar-refractivity contribution in [1.29, 1.82) is 0 Å². The van der Waals surface area contributed by atoms with E-state index in [4.69, 9.17) is 21.1 Å². The number of para-hydroxylation sites is 1. The summed E-state index contributed by atoms with van der Waals surface area (Å²) in [5.41, 5.74) is 0.795. The van der Waals surface area contributed by atoms with Crippen LogP contribution in [0.5, 0.6) is 5.75 Å². The maximum Gasteiger partial charge on any atom is 0.329 e. The molecule has 1 aliphatic rings.